The standard InChI is InChI=1S/C25H25FN4O2.C2H6/c1-4-10-29(18-8-9-20-21(13-18)32-12-11-31-20)25-24(23-16(2)6-5-7-19(23)26)28-22-15-27-14-17(3)30(22)25;1-2/h5-9,13-15H,4,10-12H2,1-3H3;1-2H3. The second-order valence-electron chi connectivity index (χ2n) is 7.94. The summed E-state index contributed by atoms with van der Waals surface area (Å²) in [5.41, 5.74) is 4.47. The van der Waals surface area contributed by atoms with Crippen molar-refractivity contribution in [3.05, 3.63) is 65.9 Å². The van der Waals surface area contributed by atoms with Crippen LogP contribution in [-0.2, 0) is 0 Å². The van der Waals surface area contributed by atoms with Crippen LogP contribution in [0, 0.1) is 19.7 Å². The number of ether oxygens (including phenoxy) is 2. The van der Waals surface area contributed by atoms with Crippen molar-refractivity contribution in [2.24, 2.45) is 0 Å². The van der Waals surface area contributed by atoms with Crippen LogP contribution >= 0.6 is 0 Å². The first-order valence-electron chi connectivity index (χ1n) is 11.8. The third kappa shape index (κ3) is 4.18. The first kappa shape index (κ1) is 23.5. The van der Waals surface area contributed by atoms with Crippen molar-refractivity contribution < 1.29 is 13.9 Å². The molecule has 6 nitrogen and oxygen atoms in total. The molecule has 0 atom stereocenters. The highest BCUT2D eigenvalue weighted by molar-refractivity contribution is 5.83. The number of rotatable bonds is 5. The predicted octanol–water partition coefficient (Wildman–Crippen LogP) is 6.50. The van der Waals surface area contributed by atoms with Gasteiger partial charge in [0.25, 0.3) is 0 Å². The Morgan fingerprint density at radius 1 is 1.03 bits per heavy atom. The fourth-order valence-electron chi connectivity index (χ4n) is 4.26. The van der Waals surface area contributed by atoms with Gasteiger partial charge in [-0.1, -0.05) is 32.9 Å². The zero-order chi connectivity index (χ0) is 24.2. The minimum atomic E-state index is -0.293. The summed E-state index contributed by atoms with van der Waals surface area (Å²) in [5, 5.41) is 0. The molecule has 0 aliphatic carbocycles. The molecular formula is C27H31FN4O2. The maximum Gasteiger partial charge on any atom is 0.163 e. The van der Waals surface area contributed by atoms with Crippen LogP contribution in [0.2, 0.25) is 0 Å². The summed E-state index contributed by atoms with van der Waals surface area (Å²) >= 11 is 0. The van der Waals surface area contributed by atoms with Gasteiger partial charge in [-0.3, -0.25) is 9.38 Å². The van der Waals surface area contributed by atoms with Gasteiger partial charge >= 0.3 is 0 Å². The van der Waals surface area contributed by atoms with Crippen molar-refractivity contribution in [3.63, 3.8) is 0 Å². The molecule has 0 unspecified atom stereocenters. The van der Waals surface area contributed by atoms with E-state index < -0.39 is 0 Å². The minimum absolute atomic E-state index is 0.293. The minimum Gasteiger partial charge on any atom is -0.486 e. The number of fused-ring (bicyclic) bond motifs is 2. The molecule has 2 aromatic carbocycles. The summed E-state index contributed by atoms with van der Waals surface area (Å²) in [6.45, 7) is 11.8. The Morgan fingerprint density at radius 2 is 1.79 bits per heavy atom. The Labute approximate surface area is 200 Å². The number of benzene rings is 2. The van der Waals surface area contributed by atoms with Crippen LogP contribution in [0.25, 0.3) is 16.9 Å². The van der Waals surface area contributed by atoms with E-state index >= 15 is 4.39 Å². The smallest absolute Gasteiger partial charge is 0.163 e. The van der Waals surface area contributed by atoms with Crippen molar-refractivity contribution in [2.45, 2.75) is 41.0 Å². The van der Waals surface area contributed by atoms with Gasteiger partial charge in [0.1, 0.15) is 30.5 Å². The van der Waals surface area contributed by atoms with Crippen molar-refractivity contribution in [1.29, 1.82) is 0 Å². The Hall–Kier alpha value is -3.61. The highest BCUT2D eigenvalue weighted by Gasteiger charge is 2.26. The number of halogens is 1. The number of anilines is 2. The predicted molar refractivity (Wildman–Crippen MR) is 134 cm³/mol. The molecule has 1 aliphatic heterocycles. The van der Waals surface area contributed by atoms with Gasteiger partial charge in [0.05, 0.1) is 6.20 Å². The highest BCUT2D eigenvalue weighted by Crippen LogP contribution is 2.41. The van der Waals surface area contributed by atoms with Crippen LogP contribution in [-0.4, -0.2) is 34.1 Å². The monoisotopic (exact) mass is 462 g/mol. The lowest BCUT2D eigenvalue weighted by Crippen LogP contribution is -2.22. The largest absolute Gasteiger partial charge is 0.486 e. The summed E-state index contributed by atoms with van der Waals surface area (Å²) in [7, 11) is 0. The van der Waals surface area contributed by atoms with Crippen LogP contribution in [0.4, 0.5) is 15.9 Å². The second-order valence-corrected chi connectivity index (χ2v) is 7.94. The normalized spacial score (nSPS) is 12.3. The highest BCUT2D eigenvalue weighted by atomic mass is 19.1. The molecule has 5 rings (SSSR count). The van der Waals surface area contributed by atoms with Crippen LogP contribution in [0.1, 0.15) is 38.4 Å². The maximum atomic E-state index is 15.1. The Bertz CT molecular complexity index is 1280. The SMILES string of the molecule is CC.CCCN(c1ccc2c(c1)OCCO2)c1c(-c2c(C)cccc2F)nc2cncc(C)n12. The lowest BCUT2D eigenvalue weighted by molar-refractivity contribution is 0.171. The molecule has 178 valence electrons. The molecule has 0 saturated carbocycles. The Kier molecular flexibility index (Phi) is 7.01. The Morgan fingerprint density at radius 3 is 2.53 bits per heavy atom. The molecule has 0 amide bonds. The number of imidazole rings is 1. The van der Waals surface area contributed by atoms with Crippen molar-refractivity contribution in [2.75, 3.05) is 24.7 Å². The first-order chi connectivity index (χ1) is 16.6. The van der Waals surface area contributed by atoms with E-state index in [1.54, 1.807) is 18.5 Å². The molecule has 0 N–H and O–H groups in total. The van der Waals surface area contributed by atoms with Crippen molar-refractivity contribution >= 4 is 17.2 Å². The number of hydrogen-bond acceptors (Lipinski definition) is 5. The van der Waals surface area contributed by atoms with Crippen LogP contribution < -0.4 is 14.4 Å². The molecule has 7 heteroatoms. The van der Waals surface area contributed by atoms with Crippen molar-refractivity contribution in [1.82, 2.24) is 14.4 Å². The van der Waals surface area contributed by atoms with Gasteiger partial charge in [-0.25, -0.2) is 9.37 Å². The van der Waals surface area contributed by atoms with E-state index in [1.165, 1.54) is 6.07 Å². The quantitative estimate of drug-likeness (QED) is 0.339. The van der Waals surface area contributed by atoms with E-state index in [9.17, 15) is 0 Å². The van der Waals surface area contributed by atoms with E-state index in [4.69, 9.17) is 14.5 Å². The summed E-state index contributed by atoms with van der Waals surface area (Å²) in [5.74, 6) is 1.97. The molecule has 0 radical (unpaired) electrons. The average molecular weight is 463 g/mol. The molecule has 0 spiro atoms. The van der Waals surface area contributed by atoms with Crippen LogP contribution in [0.15, 0.2) is 48.8 Å². The average Bonchev–Trinajstić information content (AvgIpc) is 3.23. The molecule has 1 aliphatic rings. The van der Waals surface area contributed by atoms with Gasteiger partial charge in [0.15, 0.2) is 17.1 Å². The van der Waals surface area contributed by atoms with E-state index in [0.29, 0.717) is 35.9 Å². The van der Waals surface area contributed by atoms with Crippen LogP contribution in [0.3, 0.4) is 0 Å². The molecule has 0 saturated heterocycles. The van der Waals surface area contributed by atoms with Gasteiger partial charge in [-0.05, 0) is 44.0 Å². The zero-order valence-corrected chi connectivity index (χ0v) is 20.4. The first-order valence-corrected chi connectivity index (χ1v) is 11.8. The fourth-order valence-corrected chi connectivity index (χ4v) is 4.26. The maximum absolute atomic E-state index is 15.1. The third-order valence-electron chi connectivity index (χ3n) is 5.68. The lowest BCUT2D eigenvalue weighted by atomic mass is 10.0. The Balaban J connectivity index is 0.00000133. The number of aromatic nitrogens is 3. The van der Waals surface area contributed by atoms with E-state index in [-0.39, 0.29) is 5.82 Å². The van der Waals surface area contributed by atoms with Gasteiger partial charge in [0.2, 0.25) is 0 Å². The van der Waals surface area contributed by atoms with Gasteiger partial charge in [-0.2, -0.15) is 0 Å². The van der Waals surface area contributed by atoms with E-state index in [2.05, 4.69) is 16.8 Å². The second kappa shape index (κ2) is 10.1. The number of hydrogen-bond donors (Lipinski definition) is 0. The van der Waals surface area contributed by atoms with Crippen molar-refractivity contribution in [3.8, 4) is 22.8 Å². The van der Waals surface area contributed by atoms with E-state index in [0.717, 1.165) is 41.5 Å². The molecule has 0 bridgehead atoms. The topological polar surface area (TPSA) is 51.9 Å². The van der Waals surface area contributed by atoms with Crippen LogP contribution in [0.5, 0.6) is 11.5 Å². The van der Waals surface area contributed by atoms with Gasteiger partial charge < -0.3 is 14.4 Å². The third-order valence-corrected chi connectivity index (χ3v) is 5.68. The summed E-state index contributed by atoms with van der Waals surface area (Å²) in [6.07, 6.45) is 4.40. The molecule has 2 aromatic heterocycles. The fraction of sp³-hybridized carbons (Fsp3) is 0.333. The molecule has 3 heterocycles. The molecule has 0 fully saturated rings. The zero-order valence-electron chi connectivity index (χ0n) is 20.4. The van der Waals surface area contributed by atoms with Gasteiger partial charge in [0, 0.05) is 35.8 Å². The number of aryl methyl sites for hydroxylation is 2. The molecule has 34 heavy (non-hydrogen) atoms. The molecular weight excluding hydrogens is 431 g/mol. The summed E-state index contributed by atoms with van der Waals surface area (Å²) in [4.78, 5) is 11.3. The summed E-state index contributed by atoms with van der Waals surface area (Å²) in [6, 6.07) is 11.0. The lowest BCUT2D eigenvalue weighted by Gasteiger charge is -2.27. The van der Waals surface area contributed by atoms with E-state index in [1.807, 2.05) is 56.4 Å². The number of nitrogens with zero attached hydrogens (tertiary/aromatic N) is 4. The van der Waals surface area contributed by atoms with Gasteiger partial charge in [-0.15, -0.1) is 0 Å². The summed E-state index contributed by atoms with van der Waals surface area (Å²) < 4.78 is 28.7. The molecule has 4 aromatic rings.